The molecule has 5 heteroatoms. The number of thioether (sulfide) groups is 1. The van der Waals surface area contributed by atoms with Gasteiger partial charge in [-0.2, -0.15) is 11.8 Å². The van der Waals surface area contributed by atoms with Gasteiger partial charge in [0.25, 0.3) is 0 Å². The minimum atomic E-state index is -0.534. The van der Waals surface area contributed by atoms with E-state index in [4.69, 9.17) is 18.0 Å². The minimum Gasteiger partial charge on any atom is -0.392 e. The van der Waals surface area contributed by atoms with Crippen LogP contribution in [-0.2, 0) is 4.79 Å². The first-order valence-electron chi connectivity index (χ1n) is 7.31. The zero-order chi connectivity index (χ0) is 13.9. The summed E-state index contributed by atoms with van der Waals surface area (Å²) in [5.41, 5.74) is 5.42. The minimum absolute atomic E-state index is 0.207. The van der Waals surface area contributed by atoms with E-state index in [0.29, 0.717) is 10.2 Å². The highest BCUT2D eigenvalue weighted by atomic mass is 32.2. The van der Waals surface area contributed by atoms with Gasteiger partial charge in [-0.25, -0.2) is 0 Å². The lowest BCUT2D eigenvalue weighted by Gasteiger charge is -2.41. The van der Waals surface area contributed by atoms with Gasteiger partial charge in [-0.1, -0.05) is 38.4 Å². The van der Waals surface area contributed by atoms with Gasteiger partial charge in [-0.05, 0) is 19.3 Å². The molecule has 2 aliphatic rings. The number of nitrogens with zero attached hydrogens (tertiary/aromatic N) is 1. The molecule has 1 saturated heterocycles. The first-order valence-corrected chi connectivity index (χ1v) is 8.77. The number of carbonyl (C=O) groups is 1. The lowest BCUT2D eigenvalue weighted by molar-refractivity contribution is -0.139. The van der Waals surface area contributed by atoms with Crippen molar-refractivity contribution >= 4 is 34.9 Å². The second-order valence-corrected chi connectivity index (χ2v) is 7.51. The van der Waals surface area contributed by atoms with Gasteiger partial charge in [0.05, 0.1) is 10.4 Å². The lowest BCUT2D eigenvalue weighted by Crippen LogP contribution is -2.54. The van der Waals surface area contributed by atoms with Gasteiger partial charge < -0.3 is 10.6 Å². The summed E-state index contributed by atoms with van der Waals surface area (Å²) in [6.07, 6.45) is 6.16. The van der Waals surface area contributed by atoms with E-state index in [2.05, 4.69) is 6.92 Å². The van der Waals surface area contributed by atoms with Crippen LogP contribution in [0.2, 0.25) is 0 Å². The van der Waals surface area contributed by atoms with Gasteiger partial charge in [-0.3, -0.25) is 4.79 Å². The molecule has 2 fully saturated rings. The van der Waals surface area contributed by atoms with Crippen LogP contribution in [0.3, 0.4) is 0 Å². The van der Waals surface area contributed by atoms with Crippen LogP contribution >= 0.6 is 24.0 Å². The molecule has 19 heavy (non-hydrogen) atoms. The van der Waals surface area contributed by atoms with Crippen molar-refractivity contribution in [2.45, 2.75) is 50.7 Å². The Labute approximate surface area is 125 Å². The Morgan fingerprint density at radius 1 is 1.42 bits per heavy atom. The van der Waals surface area contributed by atoms with Crippen molar-refractivity contribution in [2.75, 3.05) is 18.8 Å². The van der Waals surface area contributed by atoms with E-state index >= 15 is 0 Å². The van der Waals surface area contributed by atoms with E-state index in [1.54, 1.807) is 0 Å². The summed E-state index contributed by atoms with van der Waals surface area (Å²) in [4.78, 5) is 15.4. The van der Waals surface area contributed by atoms with Crippen LogP contribution in [0.4, 0.5) is 0 Å². The predicted octanol–water partition coefficient (Wildman–Crippen LogP) is 2.58. The molecule has 0 aromatic carbocycles. The van der Waals surface area contributed by atoms with Crippen molar-refractivity contribution in [2.24, 2.45) is 11.1 Å². The number of rotatable bonds is 3. The fourth-order valence-electron chi connectivity index (χ4n) is 3.17. The number of hydrogen-bond acceptors (Lipinski definition) is 3. The quantitative estimate of drug-likeness (QED) is 0.814. The number of nitrogens with two attached hydrogens (primary N) is 1. The van der Waals surface area contributed by atoms with Gasteiger partial charge in [0.1, 0.15) is 0 Å². The standard InChI is InChI=1S/C14H24N2OS2/c1-2-11-10-16(8-9-19-11)13(17)14(12(15)18)6-4-3-5-7-14/h11H,2-10H2,1H3,(H2,15,18). The molecule has 1 heterocycles. The molecule has 3 nitrogen and oxygen atoms in total. The van der Waals surface area contributed by atoms with Crippen LogP contribution in [0.25, 0.3) is 0 Å². The fourth-order valence-corrected chi connectivity index (χ4v) is 4.65. The fraction of sp³-hybridized carbons (Fsp3) is 0.857. The number of amides is 1. The molecule has 1 unspecified atom stereocenters. The zero-order valence-electron chi connectivity index (χ0n) is 11.7. The Hall–Kier alpha value is -0.290. The van der Waals surface area contributed by atoms with Crippen LogP contribution in [0.5, 0.6) is 0 Å². The molecule has 1 aliphatic carbocycles. The summed E-state index contributed by atoms with van der Waals surface area (Å²) in [5, 5.41) is 0.574. The van der Waals surface area contributed by atoms with Crippen molar-refractivity contribution < 1.29 is 4.79 Å². The molecule has 0 radical (unpaired) electrons. The SMILES string of the molecule is CCC1CN(C(=O)C2(C(N)=S)CCCCC2)CCS1. The molecule has 1 saturated carbocycles. The molecule has 1 amide bonds. The third kappa shape index (κ3) is 3.07. The Morgan fingerprint density at radius 3 is 2.68 bits per heavy atom. The highest BCUT2D eigenvalue weighted by Crippen LogP contribution is 2.39. The van der Waals surface area contributed by atoms with E-state index in [9.17, 15) is 4.79 Å². The van der Waals surface area contributed by atoms with Crippen molar-refractivity contribution in [3.8, 4) is 0 Å². The maximum Gasteiger partial charge on any atom is 0.235 e. The Balaban J connectivity index is 2.13. The van der Waals surface area contributed by atoms with Gasteiger partial charge in [0.2, 0.25) is 5.91 Å². The maximum absolute atomic E-state index is 12.9. The Morgan fingerprint density at radius 2 is 2.11 bits per heavy atom. The van der Waals surface area contributed by atoms with Crippen molar-refractivity contribution in [1.82, 2.24) is 4.90 Å². The zero-order valence-corrected chi connectivity index (χ0v) is 13.3. The molecule has 0 aromatic rings. The van der Waals surface area contributed by atoms with Crippen molar-refractivity contribution in [3.05, 3.63) is 0 Å². The summed E-state index contributed by atoms with van der Waals surface area (Å²) in [6.45, 7) is 3.91. The van der Waals surface area contributed by atoms with Crippen LogP contribution in [0.1, 0.15) is 45.4 Å². The van der Waals surface area contributed by atoms with Gasteiger partial charge in [0, 0.05) is 24.1 Å². The van der Waals surface area contributed by atoms with Crippen LogP contribution in [0, 0.1) is 5.41 Å². The van der Waals surface area contributed by atoms with Gasteiger partial charge >= 0.3 is 0 Å². The van der Waals surface area contributed by atoms with E-state index in [1.807, 2.05) is 16.7 Å². The lowest BCUT2D eigenvalue weighted by atomic mass is 9.73. The molecule has 0 bridgehead atoms. The van der Waals surface area contributed by atoms with Crippen LogP contribution in [-0.4, -0.2) is 39.9 Å². The van der Waals surface area contributed by atoms with Crippen molar-refractivity contribution in [3.63, 3.8) is 0 Å². The van der Waals surface area contributed by atoms with Gasteiger partial charge in [-0.15, -0.1) is 0 Å². The summed E-state index contributed by atoms with van der Waals surface area (Å²) in [5.74, 6) is 1.25. The maximum atomic E-state index is 12.9. The summed E-state index contributed by atoms with van der Waals surface area (Å²) in [7, 11) is 0. The molecular weight excluding hydrogens is 276 g/mol. The number of carbonyl (C=O) groups excluding carboxylic acids is 1. The van der Waals surface area contributed by atoms with Crippen LogP contribution in [0.15, 0.2) is 0 Å². The van der Waals surface area contributed by atoms with E-state index in [-0.39, 0.29) is 5.91 Å². The summed E-state index contributed by atoms with van der Waals surface area (Å²) < 4.78 is 0. The first kappa shape index (κ1) is 15.1. The summed E-state index contributed by atoms with van der Waals surface area (Å²) >= 11 is 7.24. The highest BCUT2D eigenvalue weighted by molar-refractivity contribution is 8.00. The average molecular weight is 300 g/mol. The highest BCUT2D eigenvalue weighted by Gasteiger charge is 2.45. The molecule has 0 spiro atoms. The van der Waals surface area contributed by atoms with E-state index in [1.165, 1.54) is 6.42 Å². The Kier molecular flexibility index (Phi) is 5.12. The molecular formula is C14H24N2OS2. The summed E-state index contributed by atoms with van der Waals surface area (Å²) in [6, 6.07) is 0. The average Bonchev–Trinajstić information content (AvgIpc) is 2.47. The predicted molar refractivity (Wildman–Crippen MR) is 85.4 cm³/mol. The smallest absolute Gasteiger partial charge is 0.235 e. The molecule has 2 rings (SSSR count). The topological polar surface area (TPSA) is 46.3 Å². The molecule has 1 atom stereocenters. The first-order chi connectivity index (χ1) is 9.10. The molecule has 1 aliphatic heterocycles. The van der Waals surface area contributed by atoms with Gasteiger partial charge in [0.15, 0.2) is 0 Å². The number of thiocarbonyl (C=S) groups is 1. The molecule has 0 aromatic heterocycles. The molecule has 2 N–H and O–H groups in total. The van der Waals surface area contributed by atoms with Crippen LogP contribution < -0.4 is 5.73 Å². The second kappa shape index (κ2) is 6.44. The third-order valence-corrected chi connectivity index (χ3v) is 6.23. The van der Waals surface area contributed by atoms with Crippen molar-refractivity contribution in [1.29, 1.82) is 0 Å². The number of hydrogen-bond donors (Lipinski definition) is 1. The third-order valence-electron chi connectivity index (χ3n) is 4.47. The van der Waals surface area contributed by atoms with E-state index in [0.717, 1.165) is 50.9 Å². The normalized spacial score (nSPS) is 27.0. The molecule has 108 valence electrons. The Bertz CT molecular complexity index is 353. The monoisotopic (exact) mass is 300 g/mol. The largest absolute Gasteiger partial charge is 0.392 e. The second-order valence-electron chi connectivity index (χ2n) is 5.66. The van der Waals surface area contributed by atoms with E-state index < -0.39 is 5.41 Å².